The van der Waals surface area contributed by atoms with E-state index < -0.39 is 11.6 Å². The smallest absolute Gasteiger partial charge is 0.129 e. The molecule has 0 atom stereocenters. The molecule has 2 aromatic rings. The van der Waals surface area contributed by atoms with Crippen LogP contribution in [0.5, 0.6) is 5.75 Å². The van der Waals surface area contributed by atoms with Crippen LogP contribution in [-0.2, 0) is 6.61 Å². The van der Waals surface area contributed by atoms with Gasteiger partial charge in [-0.05, 0) is 6.07 Å². The molecule has 4 heteroatoms. The van der Waals surface area contributed by atoms with E-state index >= 15 is 0 Å². The van der Waals surface area contributed by atoms with E-state index in [1.807, 2.05) is 6.07 Å². The normalized spacial score (nSPS) is 10.2. The predicted octanol–water partition coefficient (Wildman–Crippen LogP) is 3.13. The Hall–Kier alpha value is -2.10. The molecule has 0 heterocycles. The predicted molar refractivity (Wildman–Crippen MR) is 61.5 cm³/mol. The molecule has 2 nitrogen and oxygen atoms in total. The van der Waals surface area contributed by atoms with Crippen LogP contribution in [-0.4, -0.2) is 0 Å². The van der Waals surface area contributed by atoms with Gasteiger partial charge in [0.05, 0.1) is 0 Å². The topological polar surface area (TPSA) is 35.2 Å². The monoisotopic (exact) mass is 235 g/mol. The highest BCUT2D eigenvalue weighted by atomic mass is 19.1. The van der Waals surface area contributed by atoms with Crippen LogP contribution >= 0.6 is 0 Å². The molecule has 0 saturated heterocycles. The maximum absolute atomic E-state index is 12.9. The van der Waals surface area contributed by atoms with E-state index in [0.717, 1.165) is 23.8 Å². The number of anilines is 1. The summed E-state index contributed by atoms with van der Waals surface area (Å²) in [5.41, 5.74) is 7.08. The number of nitrogen functional groups attached to an aromatic ring is 1. The summed E-state index contributed by atoms with van der Waals surface area (Å²) in [7, 11) is 0. The third kappa shape index (κ3) is 2.93. The number of hydrogen-bond donors (Lipinski definition) is 1. The van der Waals surface area contributed by atoms with E-state index in [-0.39, 0.29) is 12.4 Å². The van der Waals surface area contributed by atoms with Gasteiger partial charge in [-0.1, -0.05) is 18.2 Å². The van der Waals surface area contributed by atoms with Crippen LogP contribution < -0.4 is 10.5 Å². The first-order valence-corrected chi connectivity index (χ1v) is 5.07. The van der Waals surface area contributed by atoms with Gasteiger partial charge in [-0.25, -0.2) is 8.78 Å². The molecule has 0 fully saturated rings. The molecule has 2 N–H and O–H groups in total. The molecule has 0 aliphatic heterocycles. The summed E-state index contributed by atoms with van der Waals surface area (Å²) < 4.78 is 31.1. The highest BCUT2D eigenvalue weighted by molar-refractivity contribution is 5.46. The van der Waals surface area contributed by atoms with Crippen LogP contribution in [0.4, 0.5) is 14.5 Å². The lowest BCUT2D eigenvalue weighted by Gasteiger charge is -2.08. The molecule has 88 valence electrons. The zero-order valence-corrected chi connectivity index (χ0v) is 8.99. The summed E-state index contributed by atoms with van der Waals surface area (Å²) in [5.74, 6) is -1.19. The lowest BCUT2D eigenvalue weighted by Crippen LogP contribution is -2.00. The molecule has 17 heavy (non-hydrogen) atoms. The molecule has 2 rings (SSSR count). The maximum atomic E-state index is 12.9. The standard InChI is InChI=1S/C13H11F2NO/c14-10-5-11(15)7-12(6-10)17-8-9-3-1-2-4-13(9)16/h1-7H,8,16H2. The first-order chi connectivity index (χ1) is 8.15. The van der Waals surface area contributed by atoms with Gasteiger partial charge in [-0.15, -0.1) is 0 Å². The van der Waals surface area contributed by atoms with Crippen LogP contribution in [0.2, 0.25) is 0 Å². The van der Waals surface area contributed by atoms with E-state index in [1.54, 1.807) is 18.2 Å². The quantitative estimate of drug-likeness (QED) is 0.829. The van der Waals surface area contributed by atoms with Crippen molar-refractivity contribution in [2.75, 3.05) is 5.73 Å². The van der Waals surface area contributed by atoms with Crippen molar-refractivity contribution in [1.29, 1.82) is 0 Å². The SMILES string of the molecule is Nc1ccccc1COc1cc(F)cc(F)c1. The van der Waals surface area contributed by atoms with Gasteiger partial charge in [0.15, 0.2) is 0 Å². The first-order valence-electron chi connectivity index (χ1n) is 5.07. The fraction of sp³-hybridized carbons (Fsp3) is 0.0769. The number of halogens is 2. The van der Waals surface area contributed by atoms with Gasteiger partial charge in [0.1, 0.15) is 24.0 Å². The molecule has 0 spiro atoms. The second-order valence-electron chi connectivity index (χ2n) is 3.59. The van der Waals surface area contributed by atoms with Gasteiger partial charge in [-0.2, -0.15) is 0 Å². The van der Waals surface area contributed by atoms with Crippen LogP contribution in [0.3, 0.4) is 0 Å². The van der Waals surface area contributed by atoms with Gasteiger partial charge >= 0.3 is 0 Å². The molecular formula is C13H11F2NO. The second kappa shape index (κ2) is 4.82. The zero-order chi connectivity index (χ0) is 12.3. The lowest BCUT2D eigenvalue weighted by atomic mass is 10.2. The summed E-state index contributed by atoms with van der Waals surface area (Å²) in [6.07, 6.45) is 0. The molecule has 0 aliphatic carbocycles. The van der Waals surface area contributed by atoms with Crippen LogP contribution in [0, 0.1) is 11.6 Å². The molecular weight excluding hydrogens is 224 g/mol. The Morgan fingerprint density at radius 2 is 1.65 bits per heavy atom. The lowest BCUT2D eigenvalue weighted by molar-refractivity contribution is 0.303. The van der Waals surface area contributed by atoms with Crippen molar-refractivity contribution in [2.24, 2.45) is 0 Å². The van der Waals surface area contributed by atoms with E-state index in [9.17, 15) is 8.78 Å². The summed E-state index contributed by atoms with van der Waals surface area (Å²) >= 11 is 0. The fourth-order valence-electron chi connectivity index (χ4n) is 1.44. The number of ether oxygens (including phenoxy) is 1. The molecule has 0 unspecified atom stereocenters. The Kier molecular flexibility index (Phi) is 3.23. The Bertz CT molecular complexity index is 508. The highest BCUT2D eigenvalue weighted by Gasteiger charge is 2.03. The number of hydrogen-bond acceptors (Lipinski definition) is 2. The molecule has 0 bridgehead atoms. The third-order valence-corrected chi connectivity index (χ3v) is 2.29. The second-order valence-corrected chi connectivity index (χ2v) is 3.59. The van der Waals surface area contributed by atoms with Crippen molar-refractivity contribution < 1.29 is 13.5 Å². The molecule has 0 aliphatic rings. The van der Waals surface area contributed by atoms with Gasteiger partial charge in [0.2, 0.25) is 0 Å². The zero-order valence-electron chi connectivity index (χ0n) is 8.99. The van der Waals surface area contributed by atoms with Crippen LogP contribution in [0.25, 0.3) is 0 Å². The Labute approximate surface area is 97.6 Å². The number of rotatable bonds is 3. The highest BCUT2D eigenvalue weighted by Crippen LogP contribution is 2.18. The average Bonchev–Trinajstić information content (AvgIpc) is 2.27. The Morgan fingerprint density at radius 1 is 1.00 bits per heavy atom. The van der Waals surface area contributed by atoms with Gasteiger partial charge in [0.25, 0.3) is 0 Å². The fourth-order valence-corrected chi connectivity index (χ4v) is 1.44. The van der Waals surface area contributed by atoms with Crippen LogP contribution in [0.1, 0.15) is 5.56 Å². The first kappa shape index (κ1) is 11.4. The van der Waals surface area contributed by atoms with E-state index in [0.29, 0.717) is 5.69 Å². The van der Waals surface area contributed by atoms with E-state index in [2.05, 4.69) is 0 Å². The van der Waals surface area contributed by atoms with Crippen molar-refractivity contribution in [3.8, 4) is 5.75 Å². The summed E-state index contributed by atoms with van der Waals surface area (Å²) in [6.45, 7) is 0.176. The number of nitrogens with two attached hydrogens (primary N) is 1. The molecule has 0 aromatic heterocycles. The maximum Gasteiger partial charge on any atom is 0.129 e. The molecule has 0 saturated carbocycles. The largest absolute Gasteiger partial charge is 0.489 e. The molecule has 0 amide bonds. The van der Waals surface area contributed by atoms with Crippen molar-refractivity contribution in [3.05, 3.63) is 59.7 Å². The van der Waals surface area contributed by atoms with Gasteiger partial charge in [0, 0.05) is 29.4 Å². The Balaban J connectivity index is 2.10. The number of benzene rings is 2. The third-order valence-electron chi connectivity index (χ3n) is 2.29. The van der Waals surface area contributed by atoms with Crippen molar-refractivity contribution in [1.82, 2.24) is 0 Å². The van der Waals surface area contributed by atoms with Crippen molar-refractivity contribution in [3.63, 3.8) is 0 Å². The minimum absolute atomic E-state index is 0.144. The molecule has 0 radical (unpaired) electrons. The summed E-state index contributed by atoms with van der Waals surface area (Å²) in [4.78, 5) is 0. The minimum Gasteiger partial charge on any atom is -0.489 e. The van der Waals surface area contributed by atoms with E-state index in [1.165, 1.54) is 0 Å². The summed E-state index contributed by atoms with van der Waals surface area (Å²) in [5, 5.41) is 0. The summed E-state index contributed by atoms with van der Waals surface area (Å²) in [6, 6.07) is 10.2. The van der Waals surface area contributed by atoms with E-state index in [4.69, 9.17) is 10.5 Å². The minimum atomic E-state index is -0.666. The van der Waals surface area contributed by atoms with Crippen molar-refractivity contribution >= 4 is 5.69 Å². The average molecular weight is 235 g/mol. The van der Waals surface area contributed by atoms with Crippen molar-refractivity contribution in [2.45, 2.75) is 6.61 Å². The van der Waals surface area contributed by atoms with Gasteiger partial charge in [-0.3, -0.25) is 0 Å². The van der Waals surface area contributed by atoms with Crippen LogP contribution in [0.15, 0.2) is 42.5 Å². The molecule has 2 aromatic carbocycles. The van der Waals surface area contributed by atoms with Gasteiger partial charge < -0.3 is 10.5 Å². The Morgan fingerprint density at radius 3 is 2.29 bits per heavy atom. The number of para-hydroxylation sites is 1.